The standard InChI is InChI=1S/C6H13NO/c1-4-7(5-2)6(3)8/h4-5H2,1-3H3. The third-order valence-corrected chi connectivity index (χ3v) is 1.21. The molecule has 0 heterocycles. The molecule has 0 fully saturated rings. The first kappa shape index (κ1) is 7.47. The van der Waals surface area contributed by atoms with E-state index in [4.69, 9.17) is 0 Å². The monoisotopic (exact) mass is 115 g/mol. The van der Waals surface area contributed by atoms with Gasteiger partial charge in [-0.05, 0) is 13.8 Å². The summed E-state index contributed by atoms with van der Waals surface area (Å²) in [6.07, 6.45) is 0. The van der Waals surface area contributed by atoms with Crippen LogP contribution in [0, 0.1) is 0 Å². The van der Waals surface area contributed by atoms with Crippen molar-refractivity contribution in [1.82, 2.24) is 4.90 Å². The fourth-order valence-corrected chi connectivity index (χ4v) is 0.669. The van der Waals surface area contributed by atoms with Gasteiger partial charge in [-0.1, -0.05) is 0 Å². The minimum Gasteiger partial charge on any atom is -0.343 e. The van der Waals surface area contributed by atoms with Crippen molar-refractivity contribution < 1.29 is 4.79 Å². The number of rotatable bonds is 2. The van der Waals surface area contributed by atoms with E-state index in [2.05, 4.69) is 0 Å². The van der Waals surface area contributed by atoms with Crippen molar-refractivity contribution in [1.29, 1.82) is 0 Å². The lowest BCUT2D eigenvalue weighted by Gasteiger charge is -2.14. The van der Waals surface area contributed by atoms with Crippen LogP contribution >= 0.6 is 0 Å². The van der Waals surface area contributed by atoms with Gasteiger partial charge in [-0.3, -0.25) is 4.79 Å². The van der Waals surface area contributed by atoms with Crippen LogP contribution in [0.5, 0.6) is 0 Å². The number of carbonyl (C=O) groups excluding carboxylic acids is 1. The first-order chi connectivity index (χ1) is 3.72. The maximum Gasteiger partial charge on any atom is 0.219 e. The van der Waals surface area contributed by atoms with Crippen LogP contribution in [0.2, 0.25) is 0 Å². The van der Waals surface area contributed by atoms with Crippen molar-refractivity contribution in [2.45, 2.75) is 20.8 Å². The largest absolute Gasteiger partial charge is 0.343 e. The molecule has 0 N–H and O–H groups in total. The number of amides is 1. The van der Waals surface area contributed by atoms with Crippen molar-refractivity contribution in [3.05, 3.63) is 0 Å². The van der Waals surface area contributed by atoms with E-state index in [1.165, 1.54) is 0 Å². The molecule has 0 aliphatic heterocycles. The number of carbonyl (C=O) groups is 1. The molecule has 2 heteroatoms. The van der Waals surface area contributed by atoms with Crippen LogP contribution in [-0.4, -0.2) is 23.9 Å². The van der Waals surface area contributed by atoms with E-state index in [0.717, 1.165) is 13.1 Å². The summed E-state index contributed by atoms with van der Waals surface area (Å²) in [5.74, 6) is 0.162. The van der Waals surface area contributed by atoms with Gasteiger partial charge in [0.25, 0.3) is 0 Å². The topological polar surface area (TPSA) is 20.3 Å². The van der Waals surface area contributed by atoms with E-state index < -0.39 is 0 Å². The van der Waals surface area contributed by atoms with Crippen molar-refractivity contribution in [2.24, 2.45) is 0 Å². The van der Waals surface area contributed by atoms with Crippen LogP contribution in [0.4, 0.5) is 0 Å². The Labute approximate surface area is 50.5 Å². The molecule has 0 aromatic rings. The summed E-state index contributed by atoms with van der Waals surface area (Å²) in [5.41, 5.74) is 0. The van der Waals surface area contributed by atoms with Gasteiger partial charge in [0.1, 0.15) is 0 Å². The highest BCUT2D eigenvalue weighted by molar-refractivity contribution is 5.73. The predicted octanol–water partition coefficient (Wildman–Crippen LogP) is 0.875. The Kier molecular flexibility index (Phi) is 3.24. The summed E-state index contributed by atoms with van der Waals surface area (Å²) >= 11 is 0. The molecule has 0 aromatic heterocycles. The van der Waals surface area contributed by atoms with Gasteiger partial charge >= 0.3 is 0 Å². The minimum atomic E-state index is 0.162. The van der Waals surface area contributed by atoms with Crippen LogP contribution in [0.3, 0.4) is 0 Å². The normalized spacial score (nSPS) is 8.88. The Hall–Kier alpha value is -0.530. The molecule has 0 saturated carbocycles. The zero-order chi connectivity index (χ0) is 6.57. The second kappa shape index (κ2) is 3.47. The van der Waals surface area contributed by atoms with E-state index in [1.54, 1.807) is 11.8 Å². The fraction of sp³-hybridized carbons (Fsp3) is 0.833. The van der Waals surface area contributed by atoms with Gasteiger partial charge in [-0.25, -0.2) is 0 Å². The average molecular weight is 115 g/mol. The summed E-state index contributed by atoms with van der Waals surface area (Å²) in [7, 11) is 0. The highest BCUT2D eigenvalue weighted by atomic mass is 16.2. The SMILES string of the molecule is CCN(CC)C(C)=O. The molecule has 0 aliphatic rings. The summed E-state index contributed by atoms with van der Waals surface area (Å²) in [6, 6.07) is 0. The van der Waals surface area contributed by atoms with E-state index in [9.17, 15) is 4.79 Å². The predicted molar refractivity (Wildman–Crippen MR) is 33.6 cm³/mol. The summed E-state index contributed by atoms with van der Waals surface area (Å²) in [5, 5.41) is 0. The molecule has 0 saturated heterocycles. The second-order valence-electron chi connectivity index (χ2n) is 1.69. The molecule has 2 nitrogen and oxygen atoms in total. The zero-order valence-electron chi connectivity index (χ0n) is 5.77. The van der Waals surface area contributed by atoms with Crippen LogP contribution < -0.4 is 0 Å². The lowest BCUT2D eigenvalue weighted by molar-refractivity contribution is -0.128. The molecule has 48 valence electrons. The zero-order valence-corrected chi connectivity index (χ0v) is 5.77. The average Bonchev–Trinajstić information content (AvgIpc) is 1.69. The van der Waals surface area contributed by atoms with Crippen LogP contribution in [0.25, 0.3) is 0 Å². The molecule has 0 atom stereocenters. The van der Waals surface area contributed by atoms with Crippen molar-refractivity contribution >= 4 is 5.91 Å². The van der Waals surface area contributed by atoms with Crippen molar-refractivity contribution in [3.63, 3.8) is 0 Å². The molecular weight excluding hydrogens is 102 g/mol. The Balaban J connectivity index is 3.52. The van der Waals surface area contributed by atoms with Gasteiger partial charge in [-0.15, -0.1) is 0 Å². The summed E-state index contributed by atoms with van der Waals surface area (Å²) in [6.45, 7) is 7.19. The third kappa shape index (κ3) is 1.96. The molecular formula is C6H13NO. The number of hydrogen-bond acceptors (Lipinski definition) is 1. The molecule has 0 aromatic carbocycles. The third-order valence-electron chi connectivity index (χ3n) is 1.21. The van der Waals surface area contributed by atoms with Crippen LogP contribution in [0.15, 0.2) is 0 Å². The van der Waals surface area contributed by atoms with Gasteiger partial charge in [0.2, 0.25) is 5.91 Å². The fourth-order valence-electron chi connectivity index (χ4n) is 0.669. The quantitative estimate of drug-likeness (QED) is 0.523. The van der Waals surface area contributed by atoms with Gasteiger partial charge in [0.05, 0.1) is 0 Å². The number of nitrogens with zero attached hydrogens (tertiary/aromatic N) is 1. The number of hydrogen-bond donors (Lipinski definition) is 0. The Morgan fingerprint density at radius 3 is 1.75 bits per heavy atom. The van der Waals surface area contributed by atoms with Crippen LogP contribution in [-0.2, 0) is 4.79 Å². The van der Waals surface area contributed by atoms with Gasteiger partial charge in [-0.2, -0.15) is 0 Å². The molecule has 0 radical (unpaired) electrons. The van der Waals surface area contributed by atoms with E-state index in [0.29, 0.717) is 0 Å². The maximum atomic E-state index is 10.5. The highest BCUT2D eigenvalue weighted by Crippen LogP contribution is 1.84. The second-order valence-corrected chi connectivity index (χ2v) is 1.69. The molecule has 0 bridgehead atoms. The van der Waals surface area contributed by atoms with Crippen molar-refractivity contribution in [2.75, 3.05) is 13.1 Å². The first-order valence-electron chi connectivity index (χ1n) is 2.97. The molecule has 0 aliphatic carbocycles. The van der Waals surface area contributed by atoms with E-state index in [1.807, 2.05) is 13.8 Å². The lowest BCUT2D eigenvalue weighted by atomic mass is 10.5. The van der Waals surface area contributed by atoms with Crippen molar-refractivity contribution in [3.8, 4) is 0 Å². The maximum absolute atomic E-state index is 10.5. The van der Waals surface area contributed by atoms with Gasteiger partial charge in [0.15, 0.2) is 0 Å². The summed E-state index contributed by atoms with van der Waals surface area (Å²) < 4.78 is 0. The highest BCUT2D eigenvalue weighted by Gasteiger charge is 1.99. The Morgan fingerprint density at radius 1 is 1.38 bits per heavy atom. The Bertz CT molecular complexity index is 76.6. The molecule has 0 spiro atoms. The first-order valence-corrected chi connectivity index (χ1v) is 2.97. The molecule has 1 amide bonds. The van der Waals surface area contributed by atoms with E-state index >= 15 is 0 Å². The smallest absolute Gasteiger partial charge is 0.219 e. The lowest BCUT2D eigenvalue weighted by Crippen LogP contribution is -2.27. The molecule has 0 rings (SSSR count). The summed E-state index contributed by atoms with van der Waals surface area (Å²) in [4.78, 5) is 12.3. The van der Waals surface area contributed by atoms with Crippen LogP contribution in [0.1, 0.15) is 20.8 Å². The van der Waals surface area contributed by atoms with E-state index in [-0.39, 0.29) is 5.91 Å². The molecule has 8 heavy (non-hydrogen) atoms. The molecule has 0 unspecified atom stereocenters. The van der Waals surface area contributed by atoms with Gasteiger partial charge < -0.3 is 4.90 Å². The van der Waals surface area contributed by atoms with Gasteiger partial charge in [0, 0.05) is 20.0 Å². The Morgan fingerprint density at radius 2 is 1.75 bits per heavy atom. The minimum absolute atomic E-state index is 0.162.